The van der Waals surface area contributed by atoms with Crippen molar-refractivity contribution in [2.24, 2.45) is 0 Å². The van der Waals surface area contributed by atoms with Crippen LogP contribution >= 0.6 is 11.3 Å². The fraction of sp³-hybridized carbons (Fsp3) is 0.250. The van der Waals surface area contributed by atoms with Gasteiger partial charge in [0.2, 0.25) is 0 Å². The summed E-state index contributed by atoms with van der Waals surface area (Å²) >= 11 is 0.981. The van der Waals surface area contributed by atoms with Crippen LogP contribution in [0, 0.1) is 0 Å². The van der Waals surface area contributed by atoms with Crippen molar-refractivity contribution in [1.82, 2.24) is 5.32 Å². The highest BCUT2D eigenvalue weighted by molar-refractivity contribution is 7.12. The van der Waals surface area contributed by atoms with E-state index in [4.69, 9.17) is 9.84 Å². The number of aromatic carboxylic acids is 1. The van der Waals surface area contributed by atoms with Crippen molar-refractivity contribution in [3.8, 4) is 11.1 Å². The minimum atomic E-state index is -1.35. The third-order valence-electron chi connectivity index (χ3n) is 5.63. The molecule has 4 rings (SSSR count). The number of benzene rings is 2. The molecule has 0 saturated heterocycles. The molecule has 32 heavy (non-hydrogen) atoms. The molecule has 0 spiro atoms. The highest BCUT2D eigenvalue weighted by Crippen LogP contribution is 2.44. The summed E-state index contributed by atoms with van der Waals surface area (Å²) in [6.07, 6.45) is -3.15. The normalized spacial score (nSPS) is 14.3. The molecule has 2 aromatic carbocycles. The van der Waals surface area contributed by atoms with Crippen LogP contribution < -0.4 is 5.32 Å². The summed E-state index contributed by atoms with van der Waals surface area (Å²) in [5.41, 5.74) is 4.68. The van der Waals surface area contributed by atoms with Crippen LogP contribution in [0.2, 0.25) is 0 Å². The largest absolute Gasteiger partial charge is 0.477 e. The first-order chi connectivity index (χ1) is 15.5. The minimum absolute atomic E-state index is 0.0129. The minimum Gasteiger partial charge on any atom is -0.477 e. The standard InChI is InChI=1S/C24H23NO6S/c26-20(21(27)18-10-12-32-22(18)23(28)29)9-11-25-24(30)31-13-19-16-7-3-1-5-14(16)15-6-2-4-8-17(15)19/h1-8,10,12,19-21,26-27H,9,11,13H2,(H,25,30)(H,28,29). The van der Waals surface area contributed by atoms with E-state index in [9.17, 15) is 19.8 Å². The van der Waals surface area contributed by atoms with Crippen molar-refractivity contribution in [3.63, 3.8) is 0 Å². The highest BCUT2D eigenvalue weighted by atomic mass is 32.1. The number of aliphatic hydroxyl groups excluding tert-OH is 2. The van der Waals surface area contributed by atoms with Crippen molar-refractivity contribution < 1.29 is 29.6 Å². The number of thiophene rings is 1. The molecule has 0 radical (unpaired) electrons. The quantitative estimate of drug-likeness (QED) is 0.413. The topological polar surface area (TPSA) is 116 Å². The lowest BCUT2D eigenvalue weighted by Gasteiger charge is -2.18. The summed E-state index contributed by atoms with van der Waals surface area (Å²) in [5.74, 6) is -1.20. The summed E-state index contributed by atoms with van der Waals surface area (Å²) in [7, 11) is 0. The van der Waals surface area contributed by atoms with Gasteiger partial charge >= 0.3 is 12.1 Å². The number of fused-ring (bicyclic) bond motifs is 3. The fourth-order valence-electron chi connectivity index (χ4n) is 4.06. The first kappa shape index (κ1) is 22.0. The SMILES string of the molecule is O=C(NCCC(O)C(O)c1ccsc1C(=O)O)OCC1c2ccccc2-c2ccccc21. The van der Waals surface area contributed by atoms with Gasteiger partial charge < -0.3 is 25.4 Å². The van der Waals surface area contributed by atoms with Crippen molar-refractivity contribution in [2.75, 3.05) is 13.2 Å². The smallest absolute Gasteiger partial charge is 0.407 e. The van der Waals surface area contributed by atoms with Gasteiger partial charge in [0.25, 0.3) is 0 Å². The van der Waals surface area contributed by atoms with Crippen LogP contribution in [-0.2, 0) is 4.74 Å². The number of aliphatic hydroxyl groups is 2. The Morgan fingerprint density at radius 1 is 1.00 bits per heavy atom. The van der Waals surface area contributed by atoms with E-state index in [1.165, 1.54) is 6.07 Å². The zero-order valence-electron chi connectivity index (χ0n) is 17.1. The number of carboxylic acids is 1. The zero-order chi connectivity index (χ0) is 22.7. The van der Waals surface area contributed by atoms with Gasteiger partial charge in [0.1, 0.15) is 17.6 Å². The van der Waals surface area contributed by atoms with E-state index in [1.807, 2.05) is 36.4 Å². The third-order valence-corrected chi connectivity index (χ3v) is 6.54. The summed E-state index contributed by atoms with van der Waals surface area (Å²) < 4.78 is 5.43. The van der Waals surface area contributed by atoms with Crippen molar-refractivity contribution in [1.29, 1.82) is 0 Å². The Bertz CT molecular complexity index is 1080. The average molecular weight is 454 g/mol. The lowest BCUT2D eigenvalue weighted by molar-refractivity contribution is 0.0131. The second-order valence-electron chi connectivity index (χ2n) is 7.56. The van der Waals surface area contributed by atoms with Crippen LogP contribution in [-0.4, -0.2) is 46.6 Å². The predicted molar refractivity (Wildman–Crippen MR) is 120 cm³/mol. The highest BCUT2D eigenvalue weighted by Gasteiger charge is 2.29. The molecule has 2 atom stereocenters. The maximum atomic E-state index is 12.2. The molecule has 0 saturated carbocycles. The number of hydrogen-bond acceptors (Lipinski definition) is 6. The molecule has 0 aliphatic heterocycles. The van der Waals surface area contributed by atoms with E-state index in [2.05, 4.69) is 17.4 Å². The van der Waals surface area contributed by atoms with Crippen molar-refractivity contribution in [2.45, 2.75) is 24.5 Å². The summed E-state index contributed by atoms with van der Waals surface area (Å²) in [6.45, 7) is 0.253. The number of carbonyl (C=O) groups excluding carboxylic acids is 1. The second kappa shape index (κ2) is 9.52. The number of ether oxygens (including phenoxy) is 1. The fourth-order valence-corrected chi connectivity index (χ4v) is 4.84. The van der Waals surface area contributed by atoms with Gasteiger partial charge in [-0.3, -0.25) is 0 Å². The van der Waals surface area contributed by atoms with E-state index in [1.54, 1.807) is 5.38 Å². The molecule has 1 aliphatic rings. The maximum Gasteiger partial charge on any atom is 0.407 e. The molecule has 1 heterocycles. The Labute approximate surface area is 188 Å². The Balaban J connectivity index is 1.29. The molecule has 3 aromatic rings. The first-order valence-corrected chi connectivity index (χ1v) is 11.1. The van der Waals surface area contributed by atoms with Gasteiger partial charge in [-0.05, 0) is 40.1 Å². The van der Waals surface area contributed by atoms with Crippen LogP contribution in [0.25, 0.3) is 11.1 Å². The molecule has 1 aliphatic carbocycles. The summed E-state index contributed by atoms with van der Waals surface area (Å²) in [4.78, 5) is 23.4. The number of nitrogens with one attached hydrogen (secondary N) is 1. The number of amides is 1. The Morgan fingerprint density at radius 2 is 1.62 bits per heavy atom. The van der Waals surface area contributed by atoms with Gasteiger partial charge in [-0.2, -0.15) is 0 Å². The maximum absolute atomic E-state index is 12.2. The van der Waals surface area contributed by atoms with E-state index < -0.39 is 24.3 Å². The van der Waals surface area contributed by atoms with Gasteiger partial charge in [-0.15, -0.1) is 11.3 Å². The Morgan fingerprint density at radius 3 is 2.25 bits per heavy atom. The van der Waals surface area contributed by atoms with E-state index >= 15 is 0 Å². The molecule has 8 heteroatoms. The zero-order valence-corrected chi connectivity index (χ0v) is 17.9. The number of carbonyl (C=O) groups is 2. The Hall–Kier alpha value is -3.20. The van der Waals surface area contributed by atoms with E-state index in [-0.39, 0.29) is 35.9 Å². The van der Waals surface area contributed by atoms with Gasteiger partial charge in [0, 0.05) is 18.0 Å². The van der Waals surface area contributed by atoms with Crippen LogP contribution in [0.5, 0.6) is 0 Å². The molecule has 1 amide bonds. The molecule has 7 nitrogen and oxygen atoms in total. The number of rotatable bonds is 8. The molecule has 0 bridgehead atoms. The van der Waals surface area contributed by atoms with Crippen molar-refractivity contribution in [3.05, 3.63) is 81.5 Å². The molecular weight excluding hydrogens is 430 g/mol. The van der Waals surface area contributed by atoms with Gasteiger partial charge in [0.05, 0.1) is 6.10 Å². The molecule has 0 fully saturated rings. The van der Waals surface area contributed by atoms with Crippen LogP contribution in [0.3, 0.4) is 0 Å². The Kier molecular flexibility index (Phi) is 6.55. The third kappa shape index (κ3) is 4.38. The van der Waals surface area contributed by atoms with Gasteiger partial charge in [-0.25, -0.2) is 9.59 Å². The van der Waals surface area contributed by atoms with E-state index in [0.717, 1.165) is 33.6 Å². The molecule has 4 N–H and O–H groups in total. The van der Waals surface area contributed by atoms with Crippen molar-refractivity contribution >= 4 is 23.4 Å². The van der Waals surface area contributed by atoms with Crippen LogP contribution in [0.15, 0.2) is 60.0 Å². The second-order valence-corrected chi connectivity index (χ2v) is 8.48. The van der Waals surface area contributed by atoms with Crippen LogP contribution in [0.1, 0.15) is 44.8 Å². The van der Waals surface area contributed by atoms with Gasteiger partial charge in [-0.1, -0.05) is 48.5 Å². The molecule has 166 valence electrons. The molecule has 1 aromatic heterocycles. The molecule has 2 unspecified atom stereocenters. The number of alkyl carbamates (subject to hydrolysis) is 1. The lowest BCUT2D eigenvalue weighted by Crippen LogP contribution is -2.30. The number of hydrogen-bond donors (Lipinski definition) is 4. The molecular formula is C24H23NO6S. The van der Waals surface area contributed by atoms with E-state index in [0.29, 0.717) is 0 Å². The predicted octanol–water partition coefficient (Wildman–Crippen LogP) is 3.77. The average Bonchev–Trinajstić information content (AvgIpc) is 3.41. The summed E-state index contributed by atoms with van der Waals surface area (Å²) in [6, 6.07) is 17.6. The summed E-state index contributed by atoms with van der Waals surface area (Å²) in [5, 5.41) is 33.7. The first-order valence-electron chi connectivity index (χ1n) is 10.2. The lowest BCUT2D eigenvalue weighted by atomic mass is 9.98. The van der Waals surface area contributed by atoms with Crippen LogP contribution in [0.4, 0.5) is 4.79 Å². The monoisotopic (exact) mass is 453 g/mol. The number of carboxylic acid groups (broad SMARTS) is 1. The van der Waals surface area contributed by atoms with Gasteiger partial charge in [0.15, 0.2) is 0 Å².